The average molecular weight is 312 g/mol. The van der Waals surface area contributed by atoms with E-state index >= 15 is 0 Å². The first kappa shape index (κ1) is 15.4. The fraction of sp³-hybridized carbons (Fsp3) is 0.308. The Morgan fingerprint density at radius 2 is 2.19 bits per heavy atom. The van der Waals surface area contributed by atoms with Gasteiger partial charge < -0.3 is 5.32 Å². The van der Waals surface area contributed by atoms with E-state index in [9.17, 15) is 13.6 Å². The molecule has 0 saturated carbocycles. The fourth-order valence-electron chi connectivity index (χ4n) is 1.60. The van der Waals surface area contributed by atoms with Crippen LogP contribution in [0.25, 0.3) is 0 Å². The maximum absolute atomic E-state index is 13.0. The molecule has 8 heteroatoms. The Bertz CT molecular complexity index is 592. The van der Waals surface area contributed by atoms with Crippen molar-refractivity contribution in [3.05, 3.63) is 42.0 Å². The van der Waals surface area contributed by atoms with Gasteiger partial charge in [-0.2, -0.15) is 5.10 Å². The predicted molar refractivity (Wildman–Crippen MR) is 74.8 cm³/mol. The summed E-state index contributed by atoms with van der Waals surface area (Å²) < 4.78 is 25.7. The van der Waals surface area contributed by atoms with Gasteiger partial charge in [0.15, 0.2) is 11.6 Å². The fourth-order valence-corrected chi connectivity index (χ4v) is 2.35. The van der Waals surface area contributed by atoms with E-state index in [2.05, 4.69) is 20.5 Å². The van der Waals surface area contributed by atoms with Crippen molar-refractivity contribution < 1.29 is 13.6 Å². The minimum Gasteiger partial charge on any atom is -0.355 e. The molecule has 0 saturated heterocycles. The van der Waals surface area contributed by atoms with Gasteiger partial charge >= 0.3 is 0 Å². The smallest absolute Gasteiger partial charge is 0.230 e. The van der Waals surface area contributed by atoms with E-state index < -0.39 is 11.6 Å². The monoisotopic (exact) mass is 312 g/mol. The van der Waals surface area contributed by atoms with Crippen LogP contribution in [0.4, 0.5) is 8.78 Å². The number of aryl methyl sites for hydroxylation is 1. The molecule has 0 bridgehead atoms. The highest BCUT2D eigenvalue weighted by molar-refractivity contribution is 8.00. The van der Waals surface area contributed by atoms with E-state index in [1.54, 1.807) is 0 Å². The van der Waals surface area contributed by atoms with Gasteiger partial charge in [0, 0.05) is 17.9 Å². The van der Waals surface area contributed by atoms with Crippen LogP contribution in [-0.4, -0.2) is 33.4 Å². The highest BCUT2D eigenvalue weighted by Gasteiger charge is 2.06. The van der Waals surface area contributed by atoms with Gasteiger partial charge in [0.25, 0.3) is 0 Å². The maximum atomic E-state index is 13.0. The quantitative estimate of drug-likeness (QED) is 0.605. The molecule has 1 aromatic carbocycles. The van der Waals surface area contributed by atoms with Crippen LogP contribution in [-0.2, 0) is 11.2 Å². The summed E-state index contributed by atoms with van der Waals surface area (Å²) in [6.07, 6.45) is 2.89. The number of aromatic nitrogens is 3. The van der Waals surface area contributed by atoms with Gasteiger partial charge in [0.05, 0.1) is 5.75 Å². The number of nitrogens with zero attached hydrogens (tertiary/aromatic N) is 2. The molecule has 0 radical (unpaired) electrons. The van der Waals surface area contributed by atoms with Crippen LogP contribution in [0.1, 0.15) is 12.2 Å². The number of rotatable bonds is 7. The number of hydrogen-bond donors (Lipinski definition) is 2. The molecule has 0 unspecified atom stereocenters. The number of benzene rings is 1. The molecule has 5 nitrogen and oxygen atoms in total. The molecule has 1 aromatic heterocycles. The Balaban J connectivity index is 1.64. The number of hydrogen-bond acceptors (Lipinski definition) is 4. The first-order valence-corrected chi connectivity index (χ1v) is 7.32. The number of carbonyl (C=O) groups is 1. The molecule has 0 spiro atoms. The Kier molecular flexibility index (Phi) is 5.68. The van der Waals surface area contributed by atoms with Crippen molar-refractivity contribution in [3.8, 4) is 0 Å². The lowest BCUT2D eigenvalue weighted by Gasteiger charge is -2.05. The largest absolute Gasteiger partial charge is 0.355 e. The summed E-state index contributed by atoms with van der Waals surface area (Å²) in [7, 11) is 0. The zero-order valence-corrected chi connectivity index (χ0v) is 11.9. The van der Waals surface area contributed by atoms with Crippen molar-refractivity contribution in [2.45, 2.75) is 17.7 Å². The van der Waals surface area contributed by atoms with E-state index in [0.717, 1.165) is 36.1 Å². The summed E-state index contributed by atoms with van der Waals surface area (Å²) in [5.74, 6) is -1.01. The third kappa shape index (κ3) is 5.14. The van der Waals surface area contributed by atoms with E-state index in [1.165, 1.54) is 12.4 Å². The number of nitrogens with one attached hydrogen (secondary N) is 2. The van der Waals surface area contributed by atoms with Gasteiger partial charge in [-0.1, -0.05) is 0 Å². The third-order valence-corrected chi connectivity index (χ3v) is 3.63. The van der Waals surface area contributed by atoms with Gasteiger partial charge in [-0.25, -0.2) is 13.8 Å². The first-order chi connectivity index (χ1) is 10.1. The van der Waals surface area contributed by atoms with Crippen molar-refractivity contribution in [1.29, 1.82) is 0 Å². The van der Waals surface area contributed by atoms with Gasteiger partial charge in [-0.05, 0) is 24.6 Å². The molecule has 2 rings (SSSR count). The molecular formula is C13H14F2N4OS. The van der Waals surface area contributed by atoms with Crippen molar-refractivity contribution in [2.24, 2.45) is 0 Å². The average Bonchev–Trinajstić information content (AvgIpc) is 2.98. The zero-order valence-electron chi connectivity index (χ0n) is 11.1. The standard InChI is InChI=1S/C13H14F2N4OS/c14-10-4-3-9(6-11(10)15)21-7-13(20)16-5-1-2-12-17-8-18-19-12/h3-4,6,8H,1-2,5,7H2,(H,16,20)(H,17,18,19). The van der Waals surface area contributed by atoms with E-state index in [1.807, 2.05) is 0 Å². The topological polar surface area (TPSA) is 70.7 Å². The van der Waals surface area contributed by atoms with Gasteiger partial charge in [0.1, 0.15) is 12.2 Å². The van der Waals surface area contributed by atoms with Crippen LogP contribution < -0.4 is 5.32 Å². The summed E-state index contributed by atoms with van der Waals surface area (Å²) in [6, 6.07) is 3.57. The molecule has 112 valence electrons. The number of amides is 1. The molecule has 2 aromatic rings. The second-order valence-electron chi connectivity index (χ2n) is 4.25. The first-order valence-electron chi connectivity index (χ1n) is 6.34. The lowest BCUT2D eigenvalue weighted by atomic mass is 10.3. The predicted octanol–water partition coefficient (Wildman–Crippen LogP) is 1.92. The van der Waals surface area contributed by atoms with Crippen LogP contribution in [0, 0.1) is 11.6 Å². The number of aromatic amines is 1. The van der Waals surface area contributed by atoms with Gasteiger partial charge in [0.2, 0.25) is 5.91 Å². The van der Waals surface area contributed by atoms with Gasteiger partial charge in [-0.3, -0.25) is 9.89 Å². The van der Waals surface area contributed by atoms with Gasteiger partial charge in [-0.15, -0.1) is 11.8 Å². The van der Waals surface area contributed by atoms with E-state index in [0.29, 0.717) is 17.9 Å². The molecule has 0 aliphatic carbocycles. The highest BCUT2D eigenvalue weighted by Crippen LogP contribution is 2.19. The Morgan fingerprint density at radius 1 is 1.33 bits per heavy atom. The second-order valence-corrected chi connectivity index (χ2v) is 5.30. The SMILES string of the molecule is O=C(CSc1ccc(F)c(F)c1)NCCCc1ncn[nH]1. The van der Waals surface area contributed by atoms with Crippen LogP contribution in [0.3, 0.4) is 0 Å². The number of carbonyl (C=O) groups excluding carboxylic acids is 1. The number of H-pyrrole nitrogens is 1. The molecule has 21 heavy (non-hydrogen) atoms. The Labute approximate surface area is 124 Å². The van der Waals surface area contributed by atoms with E-state index in [-0.39, 0.29) is 11.7 Å². The highest BCUT2D eigenvalue weighted by atomic mass is 32.2. The molecular weight excluding hydrogens is 298 g/mol. The molecule has 0 fully saturated rings. The summed E-state index contributed by atoms with van der Waals surface area (Å²) in [5.41, 5.74) is 0. The Hall–Kier alpha value is -1.96. The summed E-state index contributed by atoms with van der Waals surface area (Å²) in [5, 5.41) is 9.22. The van der Waals surface area contributed by atoms with Crippen molar-refractivity contribution in [1.82, 2.24) is 20.5 Å². The second kappa shape index (κ2) is 7.72. The molecule has 1 heterocycles. The van der Waals surface area contributed by atoms with E-state index in [4.69, 9.17) is 0 Å². The molecule has 0 atom stereocenters. The maximum Gasteiger partial charge on any atom is 0.230 e. The Morgan fingerprint density at radius 3 is 2.90 bits per heavy atom. The van der Waals surface area contributed by atoms with Crippen molar-refractivity contribution in [3.63, 3.8) is 0 Å². The minimum atomic E-state index is -0.910. The molecule has 2 N–H and O–H groups in total. The molecule has 0 aliphatic rings. The summed E-state index contributed by atoms with van der Waals surface area (Å²) >= 11 is 1.16. The van der Waals surface area contributed by atoms with Crippen LogP contribution in [0.2, 0.25) is 0 Å². The molecule has 1 amide bonds. The van der Waals surface area contributed by atoms with Crippen LogP contribution in [0.15, 0.2) is 29.4 Å². The number of thioether (sulfide) groups is 1. The lowest BCUT2D eigenvalue weighted by molar-refractivity contribution is -0.118. The summed E-state index contributed by atoms with van der Waals surface area (Å²) in [6.45, 7) is 0.526. The third-order valence-electron chi connectivity index (χ3n) is 2.64. The zero-order chi connectivity index (χ0) is 15.1. The normalized spacial score (nSPS) is 10.6. The number of halogens is 2. The van der Waals surface area contributed by atoms with Crippen molar-refractivity contribution >= 4 is 17.7 Å². The van der Waals surface area contributed by atoms with Crippen molar-refractivity contribution in [2.75, 3.05) is 12.3 Å². The summed E-state index contributed by atoms with van der Waals surface area (Å²) in [4.78, 5) is 16.1. The van der Waals surface area contributed by atoms with Crippen LogP contribution >= 0.6 is 11.8 Å². The van der Waals surface area contributed by atoms with Crippen LogP contribution in [0.5, 0.6) is 0 Å². The lowest BCUT2D eigenvalue weighted by Crippen LogP contribution is -2.26. The minimum absolute atomic E-state index is 0.151. The molecule has 0 aliphatic heterocycles.